The Balaban J connectivity index is 1.83. The number of hydrogen-bond donors (Lipinski definition) is 1. The van der Waals surface area contributed by atoms with E-state index in [0.29, 0.717) is 12.4 Å². The SMILES string of the molecule is CCc1nnc(Cn2ccnc2[C@@H](O)c2ccccc2)s1. The molecule has 1 N–H and O–H groups in total. The van der Waals surface area contributed by atoms with Gasteiger partial charge in [0, 0.05) is 12.4 Å². The molecule has 0 amide bonds. The van der Waals surface area contributed by atoms with E-state index in [1.165, 1.54) is 0 Å². The van der Waals surface area contributed by atoms with Crippen LogP contribution in [0.25, 0.3) is 0 Å². The maximum Gasteiger partial charge on any atom is 0.142 e. The predicted octanol–water partition coefficient (Wildman–Crippen LogP) is 2.43. The highest BCUT2D eigenvalue weighted by Gasteiger charge is 2.16. The van der Waals surface area contributed by atoms with Crippen molar-refractivity contribution in [2.45, 2.75) is 26.0 Å². The molecule has 0 aliphatic carbocycles. The van der Waals surface area contributed by atoms with E-state index in [2.05, 4.69) is 22.1 Å². The van der Waals surface area contributed by atoms with Crippen molar-refractivity contribution >= 4 is 11.3 Å². The number of aromatic nitrogens is 4. The van der Waals surface area contributed by atoms with E-state index in [1.54, 1.807) is 17.5 Å². The summed E-state index contributed by atoms with van der Waals surface area (Å²) >= 11 is 1.59. The molecule has 21 heavy (non-hydrogen) atoms. The Morgan fingerprint density at radius 3 is 2.67 bits per heavy atom. The van der Waals surface area contributed by atoms with Gasteiger partial charge < -0.3 is 9.67 Å². The average Bonchev–Trinajstić information content (AvgIpc) is 3.17. The van der Waals surface area contributed by atoms with Crippen LogP contribution < -0.4 is 0 Å². The first-order valence-electron chi connectivity index (χ1n) is 6.83. The highest BCUT2D eigenvalue weighted by molar-refractivity contribution is 7.11. The Bertz CT molecular complexity index is 707. The molecule has 6 heteroatoms. The van der Waals surface area contributed by atoms with Crippen LogP contribution in [0.2, 0.25) is 0 Å². The second-order valence-corrected chi connectivity index (χ2v) is 5.82. The zero-order chi connectivity index (χ0) is 14.7. The molecule has 0 saturated carbocycles. The molecular weight excluding hydrogens is 284 g/mol. The van der Waals surface area contributed by atoms with Crippen LogP contribution in [-0.4, -0.2) is 24.9 Å². The molecule has 0 unspecified atom stereocenters. The second-order valence-electron chi connectivity index (χ2n) is 4.67. The van der Waals surface area contributed by atoms with E-state index < -0.39 is 6.10 Å². The third kappa shape index (κ3) is 3.01. The van der Waals surface area contributed by atoms with Crippen LogP contribution in [0.15, 0.2) is 42.7 Å². The quantitative estimate of drug-likeness (QED) is 0.786. The van der Waals surface area contributed by atoms with E-state index >= 15 is 0 Å². The minimum absolute atomic E-state index is 0.580. The van der Waals surface area contributed by atoms with Crippen LogP contribution in [0.3, 0.4) is 0 Å². The van der Waals surface area contributed by atoms with E-state index in [0.717, 1.165) is 22.0 Å². The molecule has 0 aliphatic heterocycles. The number of benzene rings is 1. The summed E-state index contributed by atoms with van der Waals surface area (Å²) in [6.45, 7) is 2.64. The Labute approximate surface area is 126 Å². The van der Waals surface area contributed by atoms with E-state index in [1.807, 2.05) is 41.1 Å². The number of rotatable bonds is 5. The average molecular weight is 300 g/mol. The molecule has 1 aromatic carbocycles. The van der Waals surface area contributed by atoms with Crippen LogP contribution >= 0.6 is 11.3 Å². The van der Waals surface area contributed by atoms with Crippen LogP contribution in [0.1, 0.15) is 34.4 Å². The van der Waals surface area contributed by atoms with Crippen molar-refractivity contribution in [3.05, 3.63) is 64.1 Å². The van der Waals surface area contributed by atoms with Crippen molar-refractivity contribution in [1.82, 2.24) is 19.7 Å². The number of aliphatic hydroxyl groups excluding tert-OH is 1. The molecule has 3 aromatic rings. The van der Waals surface area contributed by atoms with Gasteiger partial charge in [0.15, 0.2) is 0 Å². The van der Waals surface area contributed by atoms with Gasteiger partial charge in [-0.3, -0.25) is 0 Å². The van der Waals surface area contributed by atoms with Gasteiger partial charge in [-0.15, -0.1) is 10.2 Å². The fraction of sp³-hybridized carbons (Fsp3) is 0.267. The molecule has 2 heterocycles. The first-order chi connectivity index (χ1) is 10.3. The maximum absolute atomic E-state index is 10.5. The van der Waals surface area contributed by atoms with Crippen molar-refractivity contribution in [3.63, 3.8) is 0 Å². The first-order valence-corrected chi connectivity index (χ1v) is 7.65. The Morgan fingerprint density at radius 1 is 1.19 bits per heavy atom. The van der Waals surface area contributed by atoms with Crippen molar-refractivity contribution < 1.29 is 5.11 Å². The largest absolute Gasteiger partial charge is 0.380 e. The lowest BCUT2D eigenvalue weighted by atomic mass is 10.1. The summed E-state index contributed by atoms with van der Waals surface area (Å²) in [7, 11) is 0. The zero-order valence-corrected chi connectivity index (χ0v) is 12.5. The molecule has 0 spiro atoms. The lowest BCUT2D eigenvalue weighted by molar-refractivity contribution is 0.205. The summed E-state index contributed by atoms with van der Waals surface area (Å²) < 4.78 is 1.91. The van der Waals surface area contributed by atoms with Crippen molar-refractivity contribution in [2.24, 2.45) is 0 Å². The Morgan fingerprint density at radius 2 is 1.95 bits per heavy atom. The lowest BCUT2D eigenvalue weighted by Gasteiger charge is -2.12. The summed E-state index contributed by atoms with van der Waals surface area (Å²) in [5, 5.41) is 20.7. The van der Waals surface area contributed by atoms with Gasteiger partial charge >= 0.3 is 0 Å². The van der Waals surface area contributed by atoms with Crippen molar-refractivity contribution in [3.8, 4) is 0 Å². The molecule has 5 nitrogen and oxygen atoms in total. The van der Waals surface area contributed by atoms with Crippen LogP contribution in [0.5, 0.6) is 0 Å². The summed E-state index contributed by atoms with van der Waals surface area (Å²) in [6.07, 6.45) is 3.71. The molecule has 0 bridgehead atoms. The third-order valence-electron chi connectivity index (χ3n) is 3.22. The van der Waals surface area contributed by atoms with Gasteiger partial charge in [0.1, 0.15) is 21.9 Å². The normalized spacial score (nSPS) is 12.5. The predicted molar refractivity (Wildman–Crippen MR) is 81.1 cm³/mol. The minimum Gasteiger partial charge on any atom is -0.380 e. The number of hydrogen-bond acceptors (Lipinski definition) is 5. The Kier molecular flexibility index (Phi) is 4.08. The van der Waals surface area contributed by atoms with Gasteiger partial charge in [0.25, 0.3) is 0 Å². The second kappa shape index (κ2) is 6.15. The standard InChI is InChI=1S/C15H16N4OS/c1-2-12-17-18-13(21-12)10-19-9-8-16-15(19)14(20)11-6-4-3-5-7-11/h3-9,14,20H,2,10H2,1H3/t14-/m0/s1. The molecule has 108 valence electrons. The lowest BCUT2D eigenvalue weighted by Crippen LogP contribution is -2.10. The molecule has 1 atom stereocenters. The maximum atomic E-state index is 10.5. The van der Waals surface area contributed by atoms with E-state index in [4.69, 9.17) is 0 Å². The minimum atomic E-state index is -0.736. The van der Waals surface area contributed by atoms with Gasteiger partial charge in [0.2, 0.25) is 0 Å². The number of aryl methyl sites for hydroxylation is 1. The fourth-order valence-electron chi connectivity index (χ4n) is 2.13. The number of aliphatic hydroxyl groups is 1. The van der Waals surface area contributed by atoms with Crippen LogP contribution in [0, 0.1) is 0 Å². The molecule has 2 aromatic heterocycles. The van der Waals surface area contributed by atoms with E-state index in [9.17, 15) is 5.11 Å². The topological polar surface area (TPSA) is 63.8 Å². The van der Waals surface area contributed by atoms with Gasteiger partial charge in [-0.05, 0) is 12.0 Å². The van der Waals surface area contributed by atoms with Gasteiger partial charge in [-0.1, -0.05) is 48.6 Å². The van der Waals surface area contributed by atoms with Gasteiger partial charge in [-0.25, -0.2) is 4.98 Å². The molecule has 0 aliphatic rings. The molecule has 3 rings (SSSR count). The monoisotopic (exact) mass is 300 g/mol. The summed E-state index contributed by atoms with van der Waals surface area (Å²) in [5.74, 6) is 0.620. The fourth-order valence-corrected chi connectivity index (χ4v) is 2.91. The van der Waals surface area contributed by atoms with Crippen molar-refractivity contribution in [2.75, 3.05) is 0 Å². The summed E-state index contributed by atoms with van der Waals surface area (Å²) in [6, 6.07) is 9.53. The highest BCUT2D eigenvalue weighted by atomic mass is 32.1. The van der Waals surface area contributed by atoms with Gasteiger partial charge in [0.05, 0.1) is 6.54 Å². The van der Waals surface area contributed by atoms with Crippen LogP contribution in [-0.2, 0) is 13.0 Å². The summed E-state index contributed by atoms with van der Waals surface area (Å²) in [5.41, 5.74) is 0.830. The number of imidazole rings is 1. The molecular formula is C15H16N4OS. The first kappa shape index (κ1) is 13.9. The van der Waals surface area contributed by atoms with Gasteiger partial charge in [-0.2, -0.15) is 0 Å². The third-order valence-corrected chi connectivity index (χ3v) is 4.28. The molecule has 0 saturated heterocycles. The smallest absolute Gasteiger partial charge is 0.142 e. The highest BCUT2D eigenvalue weighted by Crippen LogP contribution is 2.21. The molecule has 0 fully saturated rings. The van der Waals surface area contributed by atoms with Crippen LogP contribution in [0.4, 0.5) is 0 Å². The zero-order valence-electron chi connectivity index (χ0n) is 11.7. The van der Waals surface area contributed by atoms with E-state index in [-0.39, 0.29) is 0 Å². The Hall–Kier alpha value is -2.05. The summed E-state index contributed by atoms with van der Waals surface area (Å²) in [4.78, 5) is 4.29. The van der Waals surface area contributed by atoms with Crippen molar-refractivity contribution in [1.29, 1.82) is 0 Å². The molecule has 0 radical (unpaired) electrons. The number of nitrogens with zero attached hydrogens (tertiary/aromatic N) is 4.